The van der Waals surface area contributed by atoms with Crippen molar-refractivity contribution in [2.45, 2.75) is 20.4 Å². The van der Waals surface area contributed by atoms with Crippen molar-refractivity contribution in [3.05, 3.63) is 45.4 Å². The van der Waals surface area contributed by atoms with Gasteiger partial charge in [-0.25, -0.2) is 4.98 Å². The molecule has 2 aromatic heterocycles. The van der Waals surface area contributed by atoms with Crippen molar-refractivity contribution in [2.24, 2.45) is 0 Å². The second kappa shape index (κ2) is 6.12. The largest absolute Gasteiger partial charge is 0.360 e. The SMILES string of the molecule is CNc1nc(C)c([N+](=O)[O-])c(NCc2cnccc2C)n1. The van der Waals surface area contributed by atoms with E-state index in [9.17, 15) is 10.1 Å². The maximum absolute atomic E-state index is 11.2. The van der Waals surface area contributed by atoms with Crippen molar-refractivity contribution < 1.29 is 4.92 Å². The molecule has 0 fully saturated rings. The average molecular weight is 288 g/mol. The van der Waals surface area contributed by atoms with Crippen LogP contribution in [0, 0.1) is 24.0 Å². The van der Waals surface area contributed by atoms with Gasteiger partial charge in [-0.1, -0.05) is 0 Å². The minimum atomic E-state index is -0.479. The molecule has 0 spiro atoms. The number of aryl methyl sites for hydroxylation is 2. The van der Waals surface area contributed by atoms with E-state index in [1.807, 2.05) is 13.0 Å². The summed E-state index contributed by atoms with van der Waals surface area (Å²) >= 11 is 0. The molecule has 0 saturated heterocycles. The highest BCUT2D eigenvalue weighted by molar-refractivity contribution is 5.60. The zero-order valence-electron chi connectivity index (χ0n) is 12.0. The maximum atomic E-state index is 11.2. The molecule has 0 unspecified atom stereocenters. The first-order chi connectivity index (χ1) is 10.0. The van der Waals surface area contributed by atoms with E-state index in [1.165, 1.54) is 0 Å². The number of nitrogens with one attached hydrogen (secondary N) is 2. The molecule has 0 aliphatic rings. The van der Waals surface area contributed by atoms with Crippen molar-refractivity contribution in [1.82, 2.24) is 15.0 Å². The summed E-state index contributed by atoms with van der Waals surface area (Å²) in [6.07, 6.45) is 3.43. The van der Waals surface area contributed by atoms with Crippen LogP contribution in [0.4, 0.5) is 17.5 Å². The highest BCUT2D eigenvalue weighted by Crippen LogP contribution is 2.26. The number of pyridine rings is 1. The Labute approximate surface area is 121 Å². The monoisotopic (exact) mass is 288 g/mol. The fourth-order valence-electron chi connectivity index (χ4n) is 1.88. The Morgan fingerprint density at radius 1 is 1.33 bits per heavy atom. The predicted octanol–water partition coefficient (Wildman–Crippen LogP) is 2.05. The summed E-state index contributed by atoms with van der Waals surface area (Å²) in [4.78, 5) is 22.9. The van der Waals surface area contributed by atoms with Gasteiger partial charge in [0.15, 0.2) is 0 Å². The van der Waals surface area contributed by atoms with Crippen molar-refractivity contribution in [2.75, 3.05) is 17.7 Å². The number of aromatic nitrogens is 3. The summed E-state index contributed by atoms with van der Waals surface area (Å²) < 4.78 is 0. The molecular weight excluding hydrogens is 272 g/mol. The van der Waals surface area contributed by atoms with Crippen LogP contribution < -0.4 is 10.6 Å². The third kappa shape index (κ3) is 3.22. The van der Waals surface area contributed by atoms with E-state index in [0.717, 1.165) is 11.1 Å². The average Bonchev–Trinajstić information content (AvgIpc) is 2.45. The molecule has 0 aromatic carbocycles. The Balaban J connectivity index is 2.32. The molecule has 0 amide bonds. The third-order valence-corrected chi connectivity index (χ3v) is 3.06. The van der Waals surface area contributed by atoms with Crippen molar-refractivity contribution >= 4 is 17.5 Å². The van der Waals surface area contributed by atoms with Crippen LogP contribution in [0.2, 0.25) is 0 Å². The van der Waals surface area contributed by atoms with Crippen molar-refractivity contribution in [3.63, 3.8) is 0 Å². The third-order valence-electron chi connectivity index (χ3n) is 3.06. The highest BCUT2D eigenvalue weighted by Gasteiger charge is 2.21. The molecule has 0 bridgehead atoms. The van der Waals surface area contributed by atoms with E-state index in [4.69, 9.17) is 0 Å². The lowest BCUT2D eigenvalue weighted by atomic mass is 10.1. The van der Waals surface area contributed by atoms with Crippen LogP contribution in [0.1, 0.15) is 16.8 Å². The molecule has 0 aliphatic heterocycles. The minimum absolute atomic E-state index is 0.115. The summed E-state index contributed by atoms with van der Waals surface area (Å²) in [5.41, 5.74) is 2.20. The van der Waals surface area contributed by atoms with Gasteiger partial charge in [0, 0.05) is 26.0 Å². The number of nitrogens with zero attached hydrogens (tertiary/aromatic N) is 4. The van der Waals surface area contributed by atoms with Gasteiger partial charge >= 0.3 is 5.69 Å². The fourth-order valence-corrected chi connectivity index (χ4v) is 1.88. The Bertz CT molecular complexity index is 674. The van der Waals surface area contributed by atoms with E-state index < -0.39 is 4.92 Å². The summed E-state index contributed by atoms with van der Waals surface area (Å²) in [5, 5.41) is 17.0. The molecule has 21 heavy (non-hydrogen) atoms. The van der Waals surface area contributed by atoms with E-state index in [-0.39, 0.29) is 11.5 Å². The summed E-state index contributed by atoms with van der Waals surface area (Å²) in [6.45, 7) is 3.94. The maximum Gasteiger partial charge on any atom is 0.332 e. The molecule has 0 saturated carbocycles. The lowest BCUT2D eigenvalue weighted by Crippen LogP contribution is -2.10. The van der Waals surface area contributed by atoms with E-state index in [2.05, 4.69) is 25.6 Å². The van der Waals surface area contributed by atoms with Crippen molar-refractivity contribution in [3.8, 4) is 0 Å². The molecule has 110 valence electrons. The first-order valence-electron chi connectivity index (χ1n) is 6.37. The first-order valence-corrected chi connectivity index (χ1v) is 6.37. The van der Waals surface area contributed by atoms with Gasteiger partial charge in [0.2, 0.25) is 11.8 Å². The van der Waals surface area contributed by atoms with E-state index >= 15 is 0 Å². The van der Waals surface area contributed by atoms with Gasteiger partial charge in [-0.2, -0.15) is 4.98 Å². The zero-order valence-corrected chi connectivity index (χ0v) is 12.0. The van der Waals surface area contributed by atoms with Gasteiger partial charge < -0.3 is 10.6 Å². The first kappa shape index (κ1) is 14.6. The quantitative estimate of drug-likeness (QED) is 0.640. The van der Waals surface area contributed by atoms with Crippen LogP contribution in [-0.2, 0) is 6.54 Å². The topological polar surface area (TPSA) is 106 Å². The van der Waals surface area contributed by atoms with Crippen LogP contribution in [0.3, 0.4) is 0 Å². The summed E-state index contributed by atoms with van der Waals surface area (Å²) in [6, 6.07) is 1.88. The lowest BCUT2D eigenvalue weighted by Gasteiger charge is -2.10. The number of rotatable bonds is 5. The molecule has 0 aliphatic carbocycles. The normalized spacial score (nSPS) is 10.2. The second-order valence-electron chi connectivity index (χ2n) is 4.49. The van der Waals surface area contributed by atoms with Gasteiger partial charge in [-0.05, 0) is 31.0 Å². The number of hydrogen-bond acceptors (Lipinski definition) is 7. The van der Waals surface area contributed by atoms with Gasteiger partial charge in [0.1, 0.15) is 5.69 Å². The fraction of sp³-hybridized carbons (Fsp3) is 0.308. The van der Waals surface area contributed by atoms with Crippen LogP contribution in [-0.4, -0.2) is 26.9 Å². The van der Waals surface area contributed by atoms with Crippen LogP contribution >= 0.6 is 0 Å². The smallest absolute Gasteiger partial charge is 0.332 e. The van der Waals surface area contributed by atoms with Gasteiger partial charge in [-0.3, -0.25) is 15.1 Å². The Morgan fingerprint density at radius 2 is 2.10 bits per heavy atom. The van der Waals surface area contributed by atoms with Crippen LogP contribution in [0.25, 0.3) is 0 Å². The van der Waals surface area contributed by atoms with Crippen LogP contribution in [0.5, 0.6) is 0 Å². The molecule has 0 atom stereocenters. The Morgan fingerprint density at radius 3 is 2.71 bits per heavy atom. The molecule has 2 rings (SSSR count). The number of anilines is 2. The van der Waals surface area contributed by atoms with Crippen molar-refractivity contribution in [1.29, 1.82) is 0 Å². The lowest BCUT2D eigenvalue weighted by molar-refractivity contribution is -0.385. The number of hydrogen-bond donors (Lipinski definition) is 2. The highest BCUT2D eigenvalue weighted by atomic mass is 16.6. The van der Waals surface area contributed by atoms with E-state index in [1.54, 1.807) is 26.4 Å². The molecule has 0 radical (unpaired) electrons. The Kier molecular flexibility index (Phi) is 4.27. The van der Waals surface area contributed by atoms with Gasteiger partial charge in [0.25, 0.3) is 0 Å². The predicted molar refractivity (Wildman–Crippen MR) is 79.3 cm³/mol. The van der Waals surface area contributed by atoms with Crippen LogP contribution in [0.15, 0.2) is 18.5 Å². The standard InChI is InChI=1S/C13H16N6O2/c1-8-4-5-15-6-10(8)7-16-12-11(19(20)21)9(2)17-13(14-3)18-12/h4-6H,7H2,1-3H3,(H2,14,16,17,18). The molecule has 8 heteroatoms. The molecule has 2 aromatic rings. The van der Waals surface area contributed by atoms with Gasteiger partial charge in [0.05, 0.1) is 4.92 Å². The molecule has 2 N–H and O–H groups in total. The molecule has 2 heterocycles. The summed E-state index contributed by atoms with van der Waals surface area (Å²) in [7, 11) is 1.66. The molecule has 8 nitrogen and oxygen atoms in total. The Hall–Kier alpha value is -2.77. The van der Waals surface area contributed by atoms with Gasteiger partial charge in [-0.15, -0.1) is 0 Å². The molecular formula is C13H16N6O2. The summed E-state index contributed by atoms with van der Waals surface area (Å²) in [5.74, 6) is 0.531. The minimum Gasteiger partial charge on any atom is -0.360 e. The number of nitro groups is 1. The zero-order chi connectivity index (χ0) is 15.4. The second-order valence-corrected chi connectivity index (χ2v) is 4.49. The van der Waals surface area contributed by atoms with E-state index in [0.29, 0.717) is 18.2 Å².